The maximum Gasteiger partial charge on any atom is 0.265 e. The molecular weight excluding hydrogens is 528 g/mol. The molecule has 0 spiro atoms. The molecule has 0 heterocycles. The average molecular weight is 563 g/mol. The van der Waals surface area contributed by atoms with Crippen molar-refractivity contribution < 1.29 is 35.5 Å². The van der Waals surface area contributed by atoms with Gasteiger partial charge >= 0.3 is 0 Å². The molecule has 4 saturated carbocycles. The summed E-state index contributed by atoms with van der Waals surface area (Å²) >= 11 is 0. The second-order valence-corrected chi connectivity index (χ2v) is 15.7. The number of ketones is 2. The van der Waals surface area contributed by atoms with Crippen LogP contribution in [-0.4, -0.2) is 49.0 Å². The van der Waals surface area contributed by atoms with Gasteiger partial charge in [0.2, 0.25) is 0 Å². The summed E-state index contributed by atoms with van der Waals surface area (Å²) in [5, 5.41) is 0. The quantitative estimate of drug-likeness (QED) is 0.387. The van der Waals surface area contributed by atoms with Crippen LogP contribution in [0.25, 0.3) is 12.2 Å². The van der Waals surface area contributed by atoms with E-state index in [1.807, 2.05) is 52.0 Å². The minimum absolute atomic E-state index is 0.105. The lowest BCUT2D eigenvalue weighted by Crippen LogP contribution is -2.42. The first kappa shape index (κ1) is 27.4. The predicted molar refractivity (Wildman–Crippen MR) is 143 cm³/mol. The van der Waals surface area contributed by atoms with Gasteiger partial charge in [-0.15, -0.1) is 0 Å². The van der Waals surface area contributed by atoms with E-state index < -0.39 is 53.4 Å². The number of Topliss-reactive ketones (excluding diaryl/α,β-unsaturated/α-hetero) is 2. The molecule has 4 aliphatic carbocycles. The van der Waals surface area contributed by atoms with Gasteiger partial charge in [-0.2, -0.15) is 16.8 Å². The standard InChI is InChI=1S/C28H34O8S2/c1-25(2)21-9-11-27(25,15-37(31,32)33)23(29)19(21)13-17-5-7-18(8-6-17)14-20-22-10-12-28(24(20)30,26(22,3)4)16-38(34,35)36/h5-8,13-14,21-22H,9-12,15-16H2,1-4H3,(H,31,32,33)(H,34,35,36)/b19-13-,20-14?. The highest BCUT2D eigenvalue weighted by atomic mass is 32.2. The molecule has 2 N–H and O–H groups in total. The molecule has 1 aromatic rings. The summed E-state index contributed by atoms with van der Waals surface area (Å²) < 4.78 is 66.1. The van der Waals surface area contributed by atoms with Gasteiger partial charge in [0.05, 0.1) is 22.3 Å². The van der Waals surface area contributed by atoms with Crippen molar-refractivity contribution in [2.24, 2.45) is 33.5 Å². The predicted octanol–water partition coefficient (Wildman–Crippen LogP) is 4.24. The van der Waals surface area contributed by atoms with E-state index in [9.17, 15) is 35.5 Å². The third kappa shape index (κ3) is 3.82. The highest BCUT2D eigenvalue weighted by Crippen LogP contribution is 2.67. The minimum Gasteiger partial charge on any atom is -0.294 e. The first-order chi connectivity index (χ1) is 17.3. The zero-order valence-electron chi connectivity index (χ0n) is 22.0. The van der Waals surface area contributed by atoms with Crippen LogP contribution in [0.4, 0.5) is 0 Å². The fourth-order valence-electron chi connectivity index (χ4n) is 8.23. The molecule has 4 fully saturated rings. The summed E-state index contributed by atoms with van der Waals surface area (Å²) in [4.78, 5) is 26.9. The number of allylic oxidation sites excluding steroid dienone is 2. The number of hydrogen-bond acceptors (Lipinski definition) is 6. The van der Waals surface area contributed by atoms with E-state index in [1.54, 1.807) is 12.2 Å². The Morgan fingerprint density at radius 2 is 1.03 bits per heavy atom. The molecule has 206 valence electrons. The number of carbonyl (C=O) groups is 2. The van der Waals surface area contributed by atoms with Gasteiger partial charge in [0.15, 0.2) is 11.6 Å². The second-order valence-electron chi connectivity index (χ2n) is 12.8. The Labute approximate surface area is 224 Å². The largest absolute Gasteiger partial charge is 0.294 e. The first-order valence-electron chi connectivity index (χ1n) is 12.9. The maximum absolute atomic E-state index is 13.4. The Bertz CT molecular complexity index is 1400. The third-order valence-electron chi connectivity index (χ3n) is 10.5. The minimum atomic E-state index is -4.33. The molecule has 10 heteroatoms. The highest BCUT2D eigenvalue weighted by Gasteiger charge is 2.68. The van der Waals surface area contributed by atoms with Crippen molar-refractivity contribution in [2.45, 2.75) is 53.4 Å². The van der Waals surface area contributed by atoms with Crippen molar-refractivity contribution in [3.63, 3.8) is 0 Å². The zero-order chi connectivity index (χ0) is 28.1. The van der Waals surface area contributed by atoms with Crippen molar-refractivity contribution in [1.29, 1.82) is 0 Å². The SMILES string of the molecule is CC1(C)C2CCC1(CS(=O)(=O)O)C(=O)C2=Cc1ccc(/C=C2\C(=O)C3(CS(=O)(=O)O)CCC2C3(C)C)cc1. The second kappa shape index (κ2) is 8.19. The Hall–Kier alpha value is -2.14. The average Bonchev–Trinajstić information content (AvgIpc) is 3.27. The van der Waals surface area contributed by atoms with E-state index in [2.05, 4.69) is 0 Å². The molecule has 0 amide bonds. The molecule has 4 unspecified atom stereocenters. The Balaban J connectivity index is 1.44. The molecule has 5 rings (SSSR count). The van der Waals surface area contributed by atoms with Crippen molar-refractivity contribution in [3.8, 4) is 0 Å². The number of carbonyl (C=O) groups excluding carboxylic acids is 2. The molecule has 38 heavy (non-hydrogen) atoms. The fraction of sp³-hybridized carbons (Fsp3) is 0.571. The molecule has 4 bridgehead atoms. The summed E-state index contributed by atoms with van der Waals surface area (Å²) in [5.74, 6) is -1.80. The van der Waals surface area contributed by atoms with Gasteiger partial charge in [-0.3, -0.25) is 18.7 Å². The van der Waals surface area contributed by atoms with Crippen LogP contribution in [0.3, 0.4) is 0 Å². The number of fused-ring (bicyclic) bond motifs is 4. The van der Waals surface area contributed by atoms with Crippen molar-refractivity contribution in [2.75, 3.05) is 11.5 Å². The maximum atomic E-state index is 13.4. The summed E-state index contributed by atoms with van der Waals surface area (Å²) in [5.41, 5.74) is -0.762. The topological polar surface area (TPSA) is 143 Å². The molecule has 4 atom stereocenters. The van der Waals surface area contributed by atoms with Gasteiger partial charge in [-0.25, -0.2) is 0 Å². The molecule has 1 aromatic carbocycles. The number of benzene rings is 1. The van der Waals surface area contributed by atoms with E-state index >= 15 is 0 Å². The van der Waals surface area contributed by atoms with Crippen LogP contribution in [0.15, 0.2) is 35.4 Å². The van der Waals surface area contributed by atoms with Gasteiger partial charge in [-0.05, 0) is 71.6 Å². The number of rotatable bonds is 6. The molecule has 0 aliphatic heterocycles. The van der Waals surface area contributed by atoms with E-state index in [0.717, 1.165) is 11.1 Å². The van der Waals surface area contributed by atoms with E-state index in [-0.39, 0.29) is 23.4 Å². The van der Waals surface area contributed by atoms with Crippen molar-refractivity contribution in [3.05, 3.63) is 46.5 Å². The summed E-state index contributed by atoms with van der Waals surface area (Å²) in [6.07, 6.45) is 5.80. The van der Waals surface area contributed by atoms with Crippen molar-refractivity contribution >= 4 is 44.0 Å². The lowest BCUT2D eigenvalue weighted by Gasteiger charge is -2.34. The summed E-state index contributed by atoms with van der Waals surface area (Å²) in [6, 6.07) is 7.33. The molecule has 4 aliphatic rings. The van der Waals surface area contributed by atoms with Crippen LogP contribution in [0.1, 0.15) is 64.5 Å². The molecular formula is C28H34O8S2. The highest BCUT2D eigenvalue weighted by molar-refractivity contribution is 7.86. The van der Waals surface area contributed by atoms with Crippen LogP contribution in [0.2, 0.25) is 0 Å². The van der Waals surface area contributed by atoms with E-state index in [0.29, 0.717) is 36.8 Å². The lowest BCUT2D eigenvalue weighted by molar-refractivity contribution is -0.125. The summed E-state index contributed by atoms with van der Waals surface area (Å²) in [7, 11) is -8.66. The summed E-state index contributed by atoms with van der Waals surface area (Å²) in [6.45, 7) is 7.58. The molecule has 0 aromatic heterocycles. The van der Waals surface area contributed by atoms with Crippen LogP contribution in [0.5, 0.6) is 0 Å². The van der Waals surface area contributed by atoms with Crippen LogP contribution in [-0.2, 0) is 29.8 Å². The fourth-order valence-corrected chi connectivity index (χ4v) is 10.8. The lowest BCUT2D eigenvalue weighted by atomic mass is 9.70. The van der Waals surface area contributed by atoms with Crippen molar-refractivity contribution in [1.82, 2.24) is 0 Å². The molecule has 0 saturated heterocycles. The van der Waals surface area contributed by atoms with E-state index in [4.69, 9.17) is 0 Å². The van der Waals surface area contributed by atoms with Crippen LogP contribution >= 0.6 is 0 Å². The zero-order valence-corrected chi connectivity index (χ0v) is 23.7. The molecule has 0 radical (unpaired) electrons. The first-order valence-corrected chi connectivity index (χ1v) is 16.1. The normalized spacial score (nSPS) is 35.6. The number of hydrogen-bond donors (Lipinski definition) is 2. The smallest absolute Gasteiger partial charge is 0.265 e. The van der Waals surface area contributed by atoms with Gasteiger partial charge in [-0.1, -0.05) is 52.0 Å². The van der Waals surface area contributed by atoms with Crippen LogP contribution in [0, 0.1) is 33.5 Å². The van der Waals surface area contributed by atoms with Gasteiger partial charge in [0.25, 0.3) is 20.2 Å². The van der Waals surface area contributed by atoms with Gasteiger partial charge in [0, 0.05) is 11.1 Å². The Morgan fingerprint density at radius 1 is 0.711 bits per heavy atom. The van der Waals surface area contributed by atoms with E-state index in [1.165, 1.54) is 0 Å². The monoisotopic (exact) mass is 562 g/mol. The van der Waals surface area contributed by atoms with Gasteiger partial charge < -0.3 is 0 Å². The third-order valence-corrected chi connectivity index (χ3v) is 12.2. The Kier molecular flexibility index (Phi) is 5.91. The van der Waals surface area contributed by atoms with Crippen LogP contribution < -0.4 is 0 Å². The molecule has 8 nitrogen and oxygen atoms in total. The van der Waals surface area contributed by atoms with Gasteiger partial charge in [0.1, 0.15) is 0 Å². The Morgan fingerprint density at radius 3 is 1.32 bits per heavy atom.